The molecule has 2 heteroatoms. The molecule has 1 aromatic carbocycles. The average Bonchev–Trinajstić information content (AvgIpc) is 2.29. The Morgan fingerprint density at radius 3 is 2.33 bits per heavy atom. The Hall–Kier alpha value is -1.02. The van der Waals surface area contributed by atoms with E-state index in [-0.39, 0.29) is 6.10 Å². The van der Waals surface area contributed by atoms with Crippen molar-refractivity contribution < 1.29 is 9.84 Å². The first-order chi connectivity index (χ1) is 7.17. The number of methoxy groups -OCH3 is 1. The lowest BCUT2D eigenvalue weighted by molar-refractivity contribution is 0.113. The van der Waals surface area contributed by atoms with Crippen molar-refractivity contribution in [1.29, 1.82) is 0 Å². The fourth-order valence-electron chi connectivity index (χ4n) is 1.67. The second kappa shape index (κ2) is 5.76. The van der Waals surface area contributed by atoms with Crippen LogP contribution in [0.4, 0.5) is 0 Å². The molecule has 0 fully saturated rings. The first-order valence-corrected chi connectivity index (χ1v) is 5.48. The van der Waals surface area contributed by atoms with Gasteiger partial charge in [-0.3, -0.25) is 0 Å². The van der Waals surface area contributed by atoms with E-state index >= 15 is 0 Å². The van der Waals surface area contributed by atoms with Crippen molar-refractivity contribution >= 4 is 0 Å². The van der Waals surface area contributed by atoms with Gasteiger partial charge >= 0.3 is 0 Å². The molecule has 0 saturated heterocycles. The zero-order valence-corrected chi connectivity index (χ0v) is 9.73. The van der Waals surface area contributed by atoms with Gasteiger partial charge in [0.15, 0.2) is 0 Å². The highest BCUT2D eigenvalue weighted by Crippen LogP contribution is 2.17. The number of ether oxygens (including phenoxy) is 1. The van der Waals surface area contributed by atoms with Crippen LogP contribution in [0, 0.1) is 5.92 Å². The maximum absolute atomic E-state index is 9.66. The van der Waals surface area contributed by atoms with Gasteiger partial charge in [0.25, 0.3) is 0 Å². The minimum Gasteiger partial charge on any atom is -0.497 e. The van der Waals surface area contributed by atoms with E-state index in [9.17, 15) is 5.11 Å². The second-order valence-corrected chi connectivity index (χ2v) is 4.01. The molecule has 2 unspecified atom stereocenters. The Balaban J connectivity index is 2.57. The van der Waals surface area contributed by atoms with Crippen molar-refractivity contribution in [3.8, 4) is 5.75 Å². The van der Waals surface area contributed by atoms with Gasteiger partial charge in [0.05, 0.1) is 13.2 Å². The molecule has 0 radical (unpaired) electrons. The first-order valence-electron chi connectivity index (χ1n) is 5.48. The Kier molecular flexibility index (Phi) is 4.63. The Labute approximate surface area is 91.9 Å². The molecular weight excluding hydrogens is 188 g/mol. The van der Waals surface area contributed by atoms with Crippen LogP contribution in [0.2, 0.25) is 0 Å². The third-order valence-corrected chi connectivity index (χ3v) is 2.79. The minimum absolute atomic E-state index is 0.202. The van der Waals surface area contributed by atoms with Crippen LogP contribution in [0.15, 0.2) is 24.3 Å². The summed E-state index contributed by atoms with van der Waals surface area (Å²) in [5, 5.41) is 9.66. The number of benzene rings is 1. The summed E-state index contributed by atoms with van der Waals surface area (Å²) in [6.07, 6.45) is 1.53. The molecule has 0 aliphatic rings. The standard InChI is InChI=1S/C13H20O2/c1-4-13(14)10(2)9-11-5-7-12(15-3)8-6-11/h5-8,10,13-14H,4,9H2,1-3H3. The van der Waals surface area contributed by atoms with Gasteiger partial charge in [-0.05, 0) is 36.5 Å². The molecule has 0 aromatic heterocycles. The van der Waals surface area contributed by atoms with E-state index in [0.717, 1.165) is 18.6 Å². The van der Waals surface area contributed by atoms with E-state index in [4.69, 9.17) is 4.74 Å². The maximum Gasteiger partial charge on any atom is 0.118 e. The number of hydrogen-bond donors (Lipinski definition) is 1. The molecule has 0 aliphatic heterocycles. The highest BCUT2D eigenvalue weighted by atomic mass is 16.5. The third kappa shape index (κ3) is 3.56. The van der Waals surface area contributed by atoms with Crippen molar-refractivity contribution in [2.45, 2.75) is 32.8 Å². The number of aliphatic hydroxyl groups is 1. The summed E-state index contributed by atoms with van der Waals surface area (Å²) >= 11 is 0. The van der Waals surface area contributed by atoms with Crippen LogP contribution in [-0.4, -0.2) is 18.3 Å². The molecule has 1 N–H and O–H groups in total. The van der Waals surface area contributed by atoms with Crippen molar-refractivity contribution in [2.75, 3.05) is 7.11 Å². The Bertz CT molecular complexity index is 279. The van der Waals surface area contributed by atoms with Crippen molar-refractivity contribution in [3.05, 3.63) is 29.8 Å². The normalized spacial score (nSPS) is 14.7. The van der Waals surface area contributed by atoms with E-state index in [1.54, 1.807) is 7.11 Å². The van der Waals surface area contributed by atoms with E-state index in [1.165, 1.54) is 5.56 Å². The molecule has 1 rings (SSSR count). The smallest absolute Gasteiger partial charge is 0.118 e. The van der Waals surface area contributed by atoms with Crippen LogP contribution < -0.4 is 4.74 Å². The zero-order chi connectivity index (χ0) is 11.3. The summed E-state index contributed by atoms with van der Waals surface area (Å²) < 4.78 is 5.09. The summed E-state index contributed by atoms with van der Waals surface area (Å²) in [6.45, 7) is 4.09. The molecule has 84 valence electrons. The first kappa shape index (κ1) is 12.1. The van der Waals surface area contributed by atoms with E-state index in [2.05, 4.69) is 19.1 Å². The number of rotatable bonds is 5. The van der Waals surface area contributed by atoms with Crippen LogP contribution in [0.3, 0.4) is 0 Å². The average molecular weight is 208 g/mol. The monoisotopic (exact) mass is 208 g/mol. The van der Waals surface area contributed by atoms with Gasteiger partial charge in [0, 0.05) is 0 Å². The molecule has 0 aliphatic carbocycles. The van der Waals surface area contributed by atoms with Crippen molar-refractivity contribution in [3.63, 3.8) is 0 Å². The molecule has 15 heavy (non-hydrogen) atoms. The molecule has 0 heterocycles. The fourth-order valence-corrected chi connectivity index (χ4v) is 1.67. The Morgan fingerprint density at radius 1 is 1.27 bits per heavy atom. The fraction of sp³-hybridized carbons (Fsp3) is 0.538. The quantitative estimate of drug-likeness (QED) is 0.806. The summed E-state index contributed by atoms with van der Waals surface area (Å²) in [5.41, 5.74) is 1.25. The third-order valence-electron chi connectivity index (χ3n) is 2.79. The van der Waals surface area contributed by atoms with Gasteiger partial charge in [-0.2, -0.15) is 0 Å². The Morgan fingerprint density at radius 2 is 1.87 bits per heavy atom. The molecule has 0 amide bonds. The molecular formula is C13H20O2. The summed E-state index contributed by atoms with van der Waals surface area (Å²) in [4.78, 5) is 0. The summed E-state index contributed by atoms with van der Waals surface area (Å²) in [5.74, 6) is 1.19. The highest BCUT2D eigenvalue weighted by Gasteiger charge is 2.12. The van der Waals surface area contributed by atoms with Crippen LogP contribution in [0.25, 0.3) is 0 Å². The van der Waals surface area contributed by atoms with Crippen LogP contribution >= 0.6 is 0 Å². The van der Waals surface area contributed by atoms with Crippen LogP contribution in [-0.2, 0) is 6.42 Å². The van der Waals surface area contributed by atoms with Crippen LogP contribution in [0.5, 0.6) is 5.75 Å². The predicted molar refractivity (Wildman–Crippen MR) is 62.2 cm³/mol. The highest BCUT2D eigenvalue weighted by molar-refractivity contribution is 5.27. The van der Waals surface area contributed by atoms with Gasteiger partial charge in [0.2, 0.25) is 0 Å². The lowest BCUT2D eigenvalue weighted by Gasteiger charge is -2.17. The lowest BCUT2D eigenvalue weighted by Crippen LogP contribution is -2.18. The molecule has 2 atom stereocenters. The summed E-state index contributed by atoms with van der Waals surface area (Å²) in [6, 6.07) is 8.02. The van der Waals surface area contributed by atoms with Crippen molar-refractivity contribution in [1.82, 2.24) is 0 Å². The molecule has 0 bridgehead atoms. The lowest BCUT2D eigenvalue weighted by atomic mass is 9.94. The molecule has 1 aromatic rings. The second-order valence-electron chi connectivity index (χ2n) is 4.01. The topological polar surface area (TPSA) is 29.5 Å². The molecule has 0 saturated carbocycles. The maximum atomic E-state index is 9.66. The zero-order valence-electron chi connectivity index (χ0n) is 9.73. The van der Waals surface area contributed by atoms with Crippen LogP contribution in [0.1, 0.15) is 25.8 Å². The van der Waals surface area contributed by atoms with E-state index in [1.807, 2.05) is 19.1 Å². The molecule has 2 nitrogen and oxygen atoms in total. The largest absolute Gasteiger partial charge is 0.497 e. The summed E-state index contributed by atoms with van der Waals surface area (Å²) in [7, 11) is 1.67. The van der Waals surface area contributed by atoms with Gasteiger partial charge in [0.1, 0.15) is 5.75 Å². The minimum atomic E-state index is -0.202. The van der Waals surface area contributed by atoms with Gasteiger partial charge in [-0.15, -0.1) is 0 Å². The van der Waals surface area contributed by atoms with E-state index < -0.39 is 0 Å². The predicted octanol–water partition coefficient (Wildman–Crippen LogP) is 2.64. The SMILES string of the molecule is CCC(O)C(C)Cc1ccc(OC)cc1. The van der Waals surface area contributed by atoms with Gasteiger partial charge < -0.3 is 9.84 Å². The molecule has 0 spiro atoms. The van der Waals surface area contributed by atoms with E-state index in [0.29, 0.717) is 5.92 Å². The number of aliphatic hydroxyl groups excluding tert-OH is 1. The van der Waals surface area contributed by atoms with Gasteiger partial charge in [-0.25, -0.2) is 0 Å². The van der Waals surface area contributed by atoms with Gasteiger partial charge in [-0.1, -0.05) is 26.0 Å². The number of hydrogen-bond acceptors (Lipinski definition) is 2. The van der Waals surface area contributed by atoms with Crippen molar-refractivity contribution in [2.24, 2.45) is 5.92 Å².